The number of oxazole rings is 1. The number of hydrogen-bond acceptors (Lipinski definition) is 4. The Morgan fingerprint density at radius 2 is 1.84 bits per heavy atom. The van der Waals surface area contributed by atoms with Gasteiger partial charge in [-0.2, -0.15) is 0 Å². The predicted octanol–water partition coefficient (Wildman–Crippen LogP) is 6.41. The van der Waals surface area contributed by atoms with Gasteiger partial charge in [-0.25, -0.2) is 9.97 Å². The fourth-order valence-electron chi connectivity index (χ4n) is 4.91. The number of benzene rings is 2. The monoisotopic (exact) mass is 425 g/mol. The molecule has 2 aliphatic rings. The Morgan fingerprint density at radius 1 is 0.938 bits per heavy atom. The van der Waals surface area contributed by atoms with Crippen molar-refractivity contribution in [2.75, 3.05) is 13.2 Å². The third-order valence-electron chi connectivity index (χ3n) is 6.57. The number of allylic oxidation sites excluding steroid dienone is 4. The molecule has 5 heteroatoms. The van der Waals surface area contributed by atoms with Gasteiger partial charge >= 0.3 is 0 Å². The van der Waals surface area contributed by atoms with Gasteiger partial charge in [0.05, 0.1) is 11.0 Å². The van der Waals surface area contributed by atoms with E-state index < -0.39 is 0 Å². The number of rotatable bonds is 5. The lowest BCUT2D eigenvalue weighted by molar-refractivity contribution is 0.0699. The first kappa shape index (κ1) is 19.5. The van der Waals surface area contributed by atoms with Crippen LogP contribution in [0, 0.1) is 0 Å². The summed E-state index contributed by atoms with van der Waals surface area (Å²) in [6.45, 7) is 1.64. The maximum Gasteiger partial charge on any atom is 0.227 e. The van der Waals surface area contributed by atoms with Gasteiger partial charge in [-0.15, -0.1) is 0 Å². The quantitative estimate of drug-likeness (QED) is 0.371. The van der Waals surface area contributed by atoms with Crippen molar-refractivity contribution in [3.63, 3.8) is 0 Å². The summed E-state index contributed by atoms with van der Waals surface area (Å²) < 4.78 is 14.1. The van der Waals surface area contributed by atoms with Crippen molar-refractivity contribution in [3.05, 3.63) is 72.1 Å². The lowest BCUT2D eigenvalue weighted by Gasteiger charge is -2.26. The number of para-hydroxylation sites is 2. The molecule has 0 saturated carbocycles. The first-order valence-corrected chi connectivity index (χ1v) is 11.7. The van der Waals surface area contributed by atoms with E-state index in [-0.39, 0.29) is 0 Å². The molecule has 5 nitrogen and oxygen atoms in total. The topological polar surface area (TPSA) is 53.1 Å². The lowest BCUT2D eigenvalue weighted by atomic mass is 10.0. The lowest BCUT2D eigenvalue weighted by Crippen LogP contribution is -2.21. The molecule has 2 aromatic heterocycles. The number of aryl methyl sites for hydroxylation is 1. The molecule has 1 aliphatic heterocycles. The number of imidazole rings is 1. The van der Waals surface area contributed by atoms with Crippen molar-refractivity contribution in [3.8, 4) is 11.5 Å². The van der Waals surface area contributed by atoms with Gasteiger partial charge in [-0.1, -0.05) is 35.9 Å². The van der Waals surface area contributed by atoms with Crippen LogP contribution in [0.15, 0.2) is 70.7 Å². The highest BCUT2D eigenvalue weighted by atomic mass is 16.5. The standard InChI is InChI=1S/C27H27N3O2/c1-2-6-19(7-3-1)10-13-26-28-23-18-20(27-29-22-8-4-5-9-25(22)32-27)11-12-24(23)30(26)21-14-16-31-17-15-21/h2,4-9,11-12,18,21H,1,3,10,13-17H2. The maximum atomic E-state index is 6.01. The zero-order valence-electron chi connectivity index (χ0n) is 18.2. The smallest absolute Gasteiger partial charge is 0.227 e. The molecule has 0 radical (unpaired) electrons. The van der Waals surface area contributed by atoms with E-state index in [2.05, 4.69) is 46.0 Å². The Hall–Kier alpha value is -3.18. The number of hydrogen-bond donors (Lipinski definition) is 0. The molecule has 162 valence electrons. The van der Waals surface area contributed by atoms with E-state index in [4.69, 9.17) is 14.1 Å². The van der Waals surface area contributed by atoms with Gasteiger partial charge in [-0.05, 0) is 62.4 Å². The van der Waals surface area contributed by atoms with E-state index in [1.54, 1.807) is 0 Å². The van der Waals surface area contributed by atoms with E-state index in [1.807, 2.05) is 24.3 Å². The van der Waals surface area contributed by atoms with Gasteiger partial charge in [0.2, 0.25) is 5.89 Å². The van der Waals surface area contributed by atoms with Crippen LogP contribution in [0.2, 0.25) is 0 Å². The summed E-state index contributed by atoms with van der Waals surface area (Å²) in [6, 6.07) is 14.8. The van der Waals surface area contributed by atoms with Gasteiger partial charge in [0.1, 0.15) is 11.3 Å². The summed E-state index contributed by atoms with van der Waals surface area (Å²) in [5.74, 6) is 1.81. The van der Waals surface area contributed by atoms with Crippen molar-refractivity contribution < 1.29 is 9.15 Å². The molecule has 0 N–H and O–H groups in total. The SMILES string of the molecule is C1=CC(CCc2nc3cc(-c4nc5ccccc5o4)ccc3n2C2CCOCC2)=CCC1. The van der Waals surface area contributed by atoms with Crippen molar-refractivity contribution in [1.29, 1.82) is 0 Å². The average Bonchev–Trinajstić information content (AvgIpc) is 3.45. The third-order valence-corrected chi connectivity index (χ3v) is 6.57. The Kier molecular flexibility index (Phi) is 5.12. The van der Waals surface area contributed by atoms with Gasteiger partial charge < -0.3 is 13.7 Å². The molecule has 0 bridgehead atoms. The van der Waals surface area contributed by atoms with Crippen LogP contribution in [0.5, 0.6) is 0 Å². The molecule has 0 atom stereocenters. The maximum absolute atomic E-state index is 6.01. The average molecular weight is 426 g/mol. The van der Waals surface area contributed by atoms with E-state index >= 15 is 0 Å². The summed E-state index contributed by atoms with van der Waals surface area (Å²) in [7, 11) is 0. The van der Waals surface area contributed by atoms with Crippen molar-refractivity contribution in [1.82, 2.24) is 14.5 Å². The highest BCUT2D eigenvalue weighted by molar-refractivity contribution is 5.83. The highest BCUT2D eigenvalue weighted by Gasteiger charge is 2.22. The molecule has 32 heavy (non-hydrogen) atoms. The first-order valence-electron chi connectivity index (χ1n) is 11.7. The normalized spacial score (nSPS) is 17.3. The van der Waals surface area contributed by atoms with Crippen LogP contribution in [0.3, 0.4) is 0 Å². The molecule has 6 rings (SSSR count). The number of aromatic nitrogens is 3. The van der Waals surface area contributed by atoms with Crippen LogP contribution < -0.4 is 0 Å². The third kappa shape index (κ3) is 3.67. The van der Waals surface area contributed by atoms with Gasteiger partial charge in [0, 0.05) is 31.2 Å². The Morgan fingerprint density at radius 3 is 2.69 bits per heavy atom. The molecule has 0 unspecified atom stereocenters. The first-order chi connectivity index (χ1) is 15.8. The summed E-state index contributed by atoms with van der Waals surface area (Å²) in [4.78, 5) is 9.79. The van der Waals surface area contributed by atoms with Crippen LogP contribution in [-0.4, -0.2) is 27.7 Å². The van der Waals surface area contributed by atoms with Crippen LogP contribution in [0.25, 0.3) is 33.6 Å². The predicted molar refractivity (Wildman–Crippen MR) is 127 cm³/mol. The van der Waals surface area contributed by atoms with Crippen LogP contribution in [0.1, 0.15) is 44.0 Å². The second-order valence-corrected chi connectivity index (χ2v) is 8.69. The highest BCUT2D eigenvalue weighted by Crippen LogP contribution is 2.32. The molecular weight excluding hydrogens is 398 g/mol. The summed E-state index contributed by atoms with van der Waals surface area (Å²) in [5, 5.41) is 0. The van der Waals surface area contributed by atoms with Gasteiger partial charge in [0.15, 0.2) is 5.58 Å². The molecule has 2 aromatic carbocycles. The minimum atomic E-state index is 0.440. The fraction of sp³-hybridized carbons (Fsp3) is 0.333. The molecule has 1 aliphatic carbocycles. The largest absolute Gasteiger partial charge is 0.436 e. The van der Waals surface area contributed by atoms with Crippen molar-refractivity contribution in [2.24, 2.45) is 0 Å². The molecule has 0 spiro atoms. The zero-order chi connectivity index (χ0) is 21.3. The second-order valence-electron chi connectivity index (χ2n) is 8.69. The molecule has 0 amide bonds. The number of fused-ring (bicyclic) bond motifs is 2. The van der Waals surface area contributed by atoms with Crippen LogP contribution >= 0.6 is 0 Å². The Bertz CT molecular complexity index is 1290. The summed E-state index contributed by atoms with van der Waals surface area (Å²) in [5.41, 5.74) is 6.29. The second kappa shape index (κ2) is 8.40. The minimum Gasteiger partial charge on any atom is -0.436 e. The summed E-state index contributed by atoms with van der Waals surface area (Å²) >= 11 is 0. The van der Waals surface area contributed by atoms with Gasteiger partial charge in [-0.3, -0.25) is 0 Å². The van der Waals surface area contributed by atoms with E-state index in [9.17, 15) is 0 Å². The zero-order valence-corrected chi connectivity index (χ0v) is 18.2. The molecule has 4 aromatic rings. The number of nitrogens with zero attached hydrogens (tertiary/aromatic N) is 3. The van der Waals surface area contributed by atoms with Crippen LogP contribution in [-0.2, 0) is 11.2 Å². The molecule has 1 fully saturated rings. The van der Waals surface area contributed by atoms with Crippen molar-refractivity contribution in [2.45, 2.75) is 44.6 Å². The van der Waals surface area contributed by atoms with E-state index in [1.165, 1.54) is 16.9 Å². The minimum absolute atomic E-state index is 0.440. The molecule has 1 saturated heterocycles. The Labute approximate surface area is 187 Å². The summed E-state index contributed by atoms with van der Waals surface area (Å²) in [6.07, 6.45) is 13.3. The molecule has 3 heterocycles. The van der Waals surface area contributed by atoms with E-state index in [0.29, 0.717) is 11.9 Å². The van der Waals surface area contributed by atoms with E-state index in [0.717, 1.165) is 73.9 Å². The van der Waals surface area contributed by atoms with Crippen LogP contribution in [0.4, 0.5) is 0 Å². The molecular formula is C27H27N3O2. The Balaban J connectivity index is 1.39. The van der Waals surface area contributed by atoms with Gasteiger partial charge in [0.25, 0.3) is 0 Å². The number of ether oxygens (including phenoxy) is 1. The van der Waals surface area contributed by atoms with Crippen molar-refractivity contribution >= 4 is 22.1 Å². The fourth-order valence-corrected chi connectivity index (χ4v) is 4.91.